The summed E-state index contributed by atoms with van der Waals surface area (Å²) in [5.41, 5.74) is 0.930. The van der Waals surface area contributed by atoms with E-state index in [-0.39, 0.29) is 12.0 Å². The fourth-order valence-electron chi connectivity index (χ4n) is 2.79. The zero-order chi connectivity index (χ0) is 14.4. The Labute approximate surface area is 120 Å². The molecule has 2 unspecified atom stereocenters. The van der Waals surface area contributed by atoms with Crippen molar-refractivity contribution in [1.29, 1.82) is 0 Å². The van der Waals surface area contributed by atoms with Crippen LogP contribution in [0.4, 0.5) is 0 Å². The fraction of sp³-hybridized carbons (Fsp3) is 0.562. The highest BCUT2D eigenvalue weighted by atomic mass is 16.5. The molecule has 20 heavy (non-hydrogen) atoms. The van der Waals surface area contributed by atoms with E-state index < -0.39 is 6.10 Å². The average Bonchev–Trinajstić information content (AvgIpc) is 2.53. The standard InChI is InChI=1S/C16H23NO3/c1-20-16(19)14-9-5-6-11-17(14)12-10-15(18)13-7-3-2-4-8-13/h2-4,7-8,14-15,18H,5-6,9-12H2,1H3. The van der Waals surface area contributed by atoms with Gasteiger partial charge in [0.2, 0.25) is 0 Å². The molecule has 0 saturated carbocycles. The van der Waals surface area contributed by atoms with Crippen LogP contribution in [0, 0.1) is 0 Å². The molecule has 4 nitrogen and oxygen atoms in total. The zero-order valence-corrected chi connectivity index (χ0v) is 12.0. The molecule has 0 aromatic heterocycles. The van der Waals surface area contributed by atoms with Gasteiger partial charge in [0.15, 0.2) is 0 Å². The first-order valence-electron chi connectivity index (χ1n) is 7.27. The molecule has 0 aliphatic carbocycles. The van der Waals surface area contributed by atoms with Gasteiger partial charge in [-0.1, -0.05) is 36.8 Å². The van der Waals surface area contributed by atoms with E-state index in [0.717, 1.165) is 37.9 Å². The lowest BCUT2D eigenvalue weighted by molar-refractivity contribution is -0.148. The van der Waals surface area contributed by atoms with Gasteiger partial charge in [0, 0.05) is 6.54 Å². The van der Waals surface area contributed by atoms with Gasteiger partial charge in [-0.15, -0.1) is 0 Å². The summed E-state index contributed by atoms with van der Waals surface area (Å²) in [4.78, 5) is 13.9. The number of methoxy groups -OCH3 is 1. The molecule has 1 heterocycles. The lowest BCUT2D eigenvalue weighted by atomic mass is 10.0. The lowest BCUT2D eigenvalue weighted by Gasteiger charge is -2.34. The number of likely N-dealkylation sites (tertiary alicyclic amines) is 1. The topological polar surface area (TPSA) is 49.8 Å². The number of benzene rings is 1. The highest BCUT2D eigenvalue weighted by Crippen LogP contribution is 2.22. The number of nitrogens with zero attached hydrogens (tertiary/aromatic N) is 1. The van der Waals surface area contributed by atoms with E-state index in [1.165, 1.54) is 7.11 Å². The molecule has 1 aromatic rings. The van der Waals surface area contributed by atoms with Crippen molar-refractivity contribution in [3.63, 3.8) is 0 Å². The van der Waals surface area contributed by atoms with Crippen LogP contribution in [0.3, 0.4) is 0 Å². The average molecular weight is 277 g/mol. The van der Waals surface area contributed by atoms with E-state index in [0.29, 0.717) is 6.42 Å². The maximum Gasteiger partial charge on any atom is 0.323 e. The smallest absolute Gasteiger partial charge is 0.323 e. The third-order valence-corrected chi connectivity index (χ3v) is 3.96. The Morgan fingerprint density at radius 2 is 2.15 bits per heavy atom. The Balaban J connectivity index is 1.89. The maximum atomic E-state index is 11.8. The summed E-state index contributed by atoms with van der Waals surface area (Å²) < 4.78 is 4.87. The Hall–Kier alpha value is -1.39. The van der Waals surface area contributed by atoms with Gasteiger partial charge in [0.25, 0.3) is 0 Å². The van der Waals surface area contributed by atoms with E-state index >= 15 is 0 Å². The minimum absolute atomic E-state index is 0.142. The van der Waals surface area contributed by atoms with Crippen LogP contribution >= 0.6 is 0 Å². The van der Waals surface area contributed by atoms with Crippen molar-refractivity contribution < 1.29 is 14.6 Å². The van der Waals surface area contributed by atoms with E-state index in [4.69, 9.17) is 4.74 Å². The summed E-state index contributed by atoms with van der Waals surface area (Å²) in [6.45, 7) is 1.62. The molecule has 0 spiro atoms. The third kappa shape index (κ3) is 3.81. The van der Waals surface area contributed by atoms with Crippen LogP contribution in [0.1, 0.15) is 37.4 Å². The molecule has 1 aromatic carbocycles. The van der Waals surface area contributed by atoms with Crippen LogP contribution in [-0.2, 0) is 9.53 Å². The van der Waals surface area contributed by atoms with Crippen LogP contribution < -0.4 is 0 Å². The number of piperidine rings is 1. The van der Waals surface area contributed by atoms with E-state index in [2.05, 4.69) is 4.90 Å². The Kier molecular flexibility index (Phi) is 5.56. The highest BCUT2D eigenvalue weighted by molar-refractivity contribution is 5.75. The minimum Gasteiger partial charge on any atom is -0.468 e. The van der Waals surface area contributed by atoms with Gasteiger partial charge in [0.1, 0.15) is 6.04 Å². The van der Waals surface area contributed by atoms with Gasteiger partial charge in [0.05, 0.1) is 13.2 Å². The number of rotatable bonds is 5. The highest BCUT2D eigenvalue weighted by Gasteiger charge is 2.29. The van der Waals surface area contributed by atoms with E-state index in [9.17, 15) is 9.90 Å². The van der Waals surface area contributed by atoms with Crippen LogP contribution in [-0.4, -0.2) is 42.2 Å². The largest absolute Gasteiger partial charge is 0.468 e. The van der Waals surface area contributed by atoms with Crippen LogP contribution in [0.25, 0.3) is 0 Å². The van der Waals surface area contributed by atoms with Crippen molar-refractivity contribution >= 4 is 5.97 Å². The summed E-state index contributed by atoms with van der Waals surface area (Å²) in [5.74, 6) is -0.154. The molecular formula is C16H23NO3. The maximum absolute atomic E-state index is 11.8. The van der Waals surface area contributed by atoms with Crippen molar-refractivity contribution in [2.45, 2.75) is 37.8 Å². The second kappa shape index (κ2) is 7.41. The Morgan fingerprint density at radius 3 is 2.85 bits per heavy atom. The van der Waals surface area contributed by atoms with Gasteiger partial charge in [-0.05, 0) is 31.4 Å². The normalized spacial score (nSPS) is 21.4. The third-order valence-electron chi connectivity index (χ3n) is 3.96. The van der Waals surface area contributed by atoms with Gasteiger partial charge >= 0.3 is 5.97 Å². The Morgan fingerprint density at radius 1 is 1.40 bits per heavy atom. The molecule has 110 valence electrons. The summed E-state index contributed by atoms with van der Waals surface area (Å²) in [5, 5.41) is 10.2. The van der Waals surface area contributed by atoms with Gasteiger partial charge in [-0.25, -0.2) is 0 Å². The van der Waals surface area contributed by atoms with Crippen molar-refractivity contribution in [3.8, 4) is 0 Å². The summed E-state index contributed by atoms with van der Waals surface area (Å²) in [7, 11) is 1.44. The van der Waals surface area contributed by atoms with Crippen molar-refractivity contribution in [1.82, 2.24) is 4.90 Å². The zero-order valence-electron chi connectivity index (χ0n) is 12.0. The lowest BCUT2D eigenvalue weighted by Crippen LogP contribution is -2.45. The number of aliphatic hydroxyl groups is 1. The van der Waals surface area contributed by atoms with Gasteiger partial charge in [-0.2, -0.15) is 0 Å². The quantitative estimate of drug-likeness (QED) is 0.838. The van der Waals surface area contributed by atoms with E-state index in [1.807, 2.05) is 30.3 Å². The van der Waals surface area contributed by atoms with Crippen molar-refractivity contribution in [2.24, 2.45) is 0 Å². The molecule has 1 aliphatic rings. The molecular weight excluding hydrogens is 254 g/mol. The number of hydrogen-bond acceptors (Lipinski definition) is 4. The van der Waals surface area contributed by atoms with Crippen LogP contribution in [0.15, 0.2) is 30.3 Å². The molecule has 0 amide bonds. The fourth-order valence-corrected chi connectivity index (χ4v) is 2.79. The predicted molar refractivity (Wildman–Crippen MR) is 77.2 cm³/mol. The number of esters is 1. The van der Waals surface area contributed by atoms with Gasteiger partial charge in [-0.3, -0.25) is 9.69 Å². The molecule has 1 N–H and O–H groups in total. The second-order valence-corrected chi connectivity index (χ2v) is 5.29. The number of hydrogen-bond donors (Lipinski definition) is 1. The van der Waals surface area contributed by atoms with Crippen LogP contribution in [0.2, 0.25) is 0 Å². The molecule has 0 bridgehead atoms. The summed E-state index contributed by atoms with van der Waals surface area (Å²) in [6, 6.07) is 9.51. The van der Waals surface area contributed by atoms with Crippen LogP contribution in [0.5, 0.6) is 0 Å². The minimum atomic E-state index is -0.476. The summed E-state index contributed by atoms with van der Waals surface area (Å²) >= 11 is 0. The number of carbonyl (C=O) groups is 1. The molecule has 2 atom stereocenters. The van der Waals surface area contributed by atoms with Crippen molar-refractivity contribution in [2.75, 3.05) is 20.2 Å². The molecule has 1 fully saturated rings. The predicted octanol–water partition coefficient (Wildman–Crippen LogP) is 2.14. The first-order chi connectivity index (χ1) is 9.72. The summed E-state index contributed by atoms with van der Waals surface area (Å²) in [6.07, 6.45) is 3.19. The number of aliphatic hydroxyl groups excluding tert-OH is 1. The second-order valence-electron chi connectivity index (χ2n) is 5.29. The molecule has 4 heteroatoms. The molecule has 1 saturated heterocycles. The molecule has 2 rings (SSSR count). The SMILES string of the molecule is COC(=O)C1CCCCN1CCC(O)c1ccccc1. The number of ether oxygens (including phenoxy) is 1. The molecule has 0 radical (unpaired) electrons. The van der Waals surface area contributed by atoms with Crippen molar-refractivity contribution in [3.05, 3.63) is 35.9 Å². The molecule has 1 aliphatic heterocycles. The Bertz CT molecular complexity index is 421. The van der Waals surface area contributed by atoms with E-state index in [1.54, 1.807) is 0 Å². The first kappa shape index (κ1) is 15.0. The van der Waals surface area contributed by atoms with Gasteiger partial charge < -0.3 is 9.84 Å². The first-order valence-corrected chi connectivity index (χ1v) is 7.27. The number of carbonyl (C=O) groups excluding carboxylic acids is 1. The monoisotopic (exact) mass is 277 g/mol.